The van der Waals surface area contributed by atoms with Crippen LogP contribution in [-0.4, -0.2) is 20.2 Å². The highest BCUT2D eigenvalue weighted by molar-refractivity contribution is 5.86. The van der Waals surface area contributed by atoms with Crippen molar-refractivity contribution in [2.75, 3.05) is 5.43 Å². The lowest BCUT2D eigenvalue weighted by atomic mass is 10.3. The van der Waals surface area contributed by atoms with Crippen LogP contribution in [0.15, 0.2) is 6.33 Å². The van der Waals surface area contributed by atoms with Gasteiger partial charge in [-0.25, -0.2) is 15.8 Å². The molecular weight excluding hydrogens is 156 g/mol. The Bertz CT molecular complexity index is 405. The van der Waals surface area contributed by atoms with Gasteiger partial charge < -0.3 is 5.43 Å². The van der Waals surface area contributed by atoms with Crippen molar-refractivity contribution in [2.45, 2.75) is 6.92 Å². The number of nitrogens with two attached hydrogens (primary N) is 1. The molecule has 0 aliphatic heterocycles. The number of H-pyrrole nitrogens is 1. The quantitative estimate of drug-likeness (QED) is 0.406. The summed E-state index contributed by atoms with van der Waals surface area (Å²) in [5.74, 6) is 5.76. The molecule has 0 aliphatic carbocycles. The minimum atomic E-state index is 0.532. The maximum absolute atomic E-state index is 5.23. The topological polar surface area (TPSA) is 92.5 Å². The molecule has 2 aromatic heterocycles. The molecule has 0 radical (unpaired) electrons. The molecule has 62 valence electrons. The molecule has 2 aromatic rings. The zero-order valence-electron chi connectivity index (χ0n) is 6.50. The third kappa shape index (κ3) is 0.817. The van der Waals surface area contributed by atoms with Crippen molar-refractivity contribution in [3.05, 3.63) is 12.0 Å². The first-order chi connectivity index (χ1) is 5.83. The molecule has 0 spiro atoms. The molecule has 0 bridgehead atoms. The van der Waals surface area contributed by atoms with Crippen LogP contribution >= 0.6 is 0 Å². The van der Waals surface area contributed by atoms with E-state index in [4.69, 9.17) is 5.84 Å². The number of nitrogen functional groups attached to an aromatic ring is 1. The Morgan fingerprint density at radius 1 is 1.42 bits per heavy atom. The molecule has 0 saturated carbocycles. The highest BCUT2D eigenvalue weighted by Crippen LogP contribution is 2.16. The second-order valence-electron chi connectivity index (χ2n) is 2.41. The lowest BCUT2D eigenvalue weighted by Gasteiger charge is -1.96. The van der Waals surface area contributed by atoms with Crippen molar-refractivity contribution in [3.8, 4) is 0 Å². The number of anilines is 1. The largest absolute Gasteiger partial charge is 0.306 e. The van der Waals surface area contributed by atoms with E-state index in [1.165, 1.54) is 6.33 Å². The molecule has 0 atom stereocenters. The summed E-state index contributed by atoms with van der Waals surface area (Å²) < 4.78 is 0. The SMILES string of the molecule is Cc1[nH]nc2c(NN)ncnc12. The number of hydrogen-bond acceptors (Lipinski definition) is 5. The van der Waals surface area contributed by atoms with Crippen LogP contribution < -0.4 is 11.3 Å². The Balaban J connectivity index is 2.81. The van der Waals surface area contributed by atoms with E-state index in [0.717, 1.165) is 11.2 Å². The number of rotatable bonds is 1. The molecule has 0 fully saturated rings. The monoisotopic (exact) mass is 164 g/mol. The van der Waals surface area contributed by atoms with Crippen LogP contribution in [-0.2, 0) is 0 Å². The summed E-state index contributed by atoms with van der Waals surface area (Å²) >= 11 is 0. The number of aryl methyl sites for hydroxylation is 1. The predicted molar refractivity (Wildman–Crippen MR) is 44.2 cm³/mol. The molecular formula is C6H8N6. The summed E-state index contributed by atoms with van der Waals surface area (Å²) in [4.78, 5) is 7.96. The van der Waals surface area contributed by atoms with E-state index in [2.05, 4.69) is 25.6 Å². The van der Waals surface area contributed by atoms with Gasteiger partial charge in [-0.05, 0) is 6.92 Å². The predicted octanol–water partition coefficient (Wildman–Crippen LogP) is -0.0531. The number of aromatic amines is 1. The normalized spacial score (nSPS) is 10.5. The number of aromatic nitrogens is 4. The summed E-state index contributed by atoms with van der Waals surface area (Å²) in [6.45, 7) is 1.89. The first-order valence-corrected chi connectivity index (χ1v) is 3.45. The Kier molecular flexibility index (Phi) is 1.41. The van der Waals surface area contributed by atoms with Gasteiger partial charge in [-0.1, -0.05) is 0 Å². The van der Waals surface area contributed by atoms with Crippen LogP contribution in [0.4, 0.5) is 5.82 Å². The van der Waals surface area contributed by atoms with Crippen molar-refractivity contribution >= 4 is 16.9 Å². The zero-order chi connectivity index (χ0) is 8.55. The van der Waals surface area contributed by atoms with Gasteiger partial charge in [-0.15, -0.1) is 0 Å². The molecule has 12 heavy (non-hydrogen) atoms. The number of nitrogens with one attached hydrogen (secondary N) is 2. The van der Waals surface area contributed by atoms with Gasteiger partial charge in [-0.2, -0.15) is 5.10 Å². The van der Waals surface area contributed by atoms with Gasteiger partial charge in [0.05, 0.1) is 5.69 Å². The highest BCUT2D eigenvalue weighted by Gasteiger charge is 2.06. The lowest BCUT2D eigenvalue weighted by Crippen LogP contribution is -2.09. The summed E-state index contributed by atoms with van der Waals surface area (Å²) in [5.41, 5.74) is 4.81. The van der Waals surface area contributed by atoms with Crippen molar-refractivity contribution in [3.63, 3.8) is 0 Å². The molecule has 6 nitrogen and oxygen atoms in total. The Labute approximate surface area is 68.2 Å². The van der Waals surface area contributed by atoms with Crippen molar-refractivity contribution in [1.82, 2.24) is 20.2 Å². The van der Waals surface area contributed by atoms with Gasteiger partial charge in [0.2, 0.25) is 0 Å². The minimum absolute atomic E-state index is 0.532. The number of hydrogen-bond donors (Lipinski definition) is 3. The average molecular weight is 164 g/mol. The zero-order valence-corrected chi connectivity index (χ0v) is 6.50. The third-order valence-electron chi connectivity index (χ3n) is 1.65. The van der Waals surface area contributed by atoms with E-state index in [1.807, 2.05) is 6.92 Å². The van der Waals surface area contributed by atoms with E-state index in [0.29, 0.717) is 11.3 Å². The van der Waals surface area contributed by atoms with Crippen LogP contribution in [0, 0.1) is 6.92 Å². The average Bonchev–Trinajstić information content (AvgIpc) is 2.48. The van der Waals surface area contributed by atoms with Crippen LogP contribution in [0.3, 0.4) is 0 Å². The van der Waals surface area contributed by atoms with Gasteiger partial charge >= 0.3 is 0 Å². The maximum Gasteiger partial charge on any atom is 0.171 e. The molecule has 6 heteroatoms. The molecule has 2 heterocycles. The summed E-state index contributed by atoms with van der Waals surface area (Å²) in [7, 11) is 0. The standard InChI is InChI=1S/C6H8N6/c1-3-4-5(12-11-3)6(10-7)9-2-8-4/h2H,7H2,1H3,(H,11,12)(H,8,9,10). The number of nitrogens with zero attached hydrogens (tertiary/aromatic N) is 3. The second kappa shape index (κ2) is 2.42. The Morgan fingerprint density at radius 2 is 2.25 bits per heavy atom. The van der Waals surface area contributed by atoms with Gasteiger partial charge in [0.1, 0.15) is 11.8 Å². The molecule has 0 unspecified atom stereocenters. The lowest BCUT2D eigenvalue weighted by molar-refractivity contribution is 1.06. The van der Waals surface area contributed by atoms with E-state index in [9.17, 15) is 0 Å². The molecule has 0 saturated heterocycles. The van der Waals surface area contributed by atoms with Crippen molar-refractivity contribution in [2.24, 2.45) is 5.84 Å². The van der Waals surface area contributed by atoms with Gasteiger partial charge in [0, 0.05) is 0 Å². The van der Waals surface area contributed by atoms with Gasteiger partial charge in [-0.3, -0.25) is 5.10 Å². The van der Waals surface area contributed by atoms with Crippen LogP contribution in [0.5, 0.6) is 0 Å². The maximum atomic E-state index is 5.23. The molecule has 2 rings (SSSR count). The fourth-order valence-electron chi connectivity index (χ4n) is 1.06. The van der Waals surface area contributed by atoms with Crippen molar-refractivity contribution < 1.29 is 0 Å². The third-order valence-corrected chi connectivity index (χ3v) is 1.65. The molecule has 0 aromatic carbocycles. The highest BCUT2D eigenvalue weighted by atomic mass is 15.3. The summed E-state index contributed by atoms with van der Waals surface area (Å²) in [6, 6.07) is 0. The van der Waals surface area contributed by atoms with Crippen LogP contribution in [0.25, 0.3) is 11.0 Å². The van der Waals surface area contributed by atoms with Gasteiger partial charge in [0.25, 0.3) is 0 Å². The fourth-order valence-corrected chi connectivity index (χ4v) is 1.06. The van der Waals surface area contributed by atoms with Crippen LogP contribution in [0.1, 0.15) is 5.69 Å². The van der Waals surface area contributed by atoms with Crippen LogP contribution in [0.2, 0.25) is 0 Å². The number of fused-ring (bicyclic) bond motifs is 1. The van der Waals surface area contributed by atoms with Crippen molar-refractivity contribution in [1.29, 1.82) is 0 Å². The molecule has 0 aliphatic rings. The van der Waals surface area contributed by atoms with E-state index >= 15 is 0 Å². The first-order valence-electron chi connectivity index (χ1n) is 3.45. The Morgan fingerprint density at radius 3 is 3.00 bits per heavy atom. The second-order valence-corrected chi connectivity index (χ2v) is 2.41. The minimum Gasteiger partial charge on any atom is -0.306 e. The molecule has 0 amide bonds. The number of hydrazine groups is 1. The first kappa shape index (κ1) is 6.99. The smallest absolute Gasteiger partial charge is 0.171 e. The van der Waals surface area contributed by atoms with E-state index in [1.54, 1.807) is 0 Å². The fraction of sp³-hybridized carbons (Fsp3) is 0.167. The Hall–Kier alpha value is -1.69. The van der Waals surface area contributed by atoms with Gasteiger partial charge in [0.15, 0.2) is 11.3 Å². The van der Waals surface area contributed by atoms with E-state index < -0.39 is 0 Å². The molecule has 4 N–H and O–H groups in total. The summed E-state index contributed by atoms with van der Waals surface area (Å²) in [5, 5.41) is 6.80. The van der Waals surface area contributed by atoms with E-state index in [-0.39, 0.29) is 0 Å². The summed E-state index contributed by atoms with van der Waals surface area (Å²) in [6.07, 6.45) is 1.44.